The monoisotopic (exact) mass is 396 g/mol. The number of rotatable bonds is 7. The van der Waals surface area contributed by atoms with Crippen molar-refractivity contribution in [2.75, 3.05) is 33.2 Å². The van der Waals surface area contributed by atoms with Crippen molar-refractivity contribution in [2.24, 2.45) is 10.9 Å². The minimum Gasteiger partial charge on any atom is -0.357 e. The van der Waals surface area contributed by atoms with Crippen molar-refractivity contribution < 1.29 is 0 Å². The molecule has 4 nitrogen and oxygen atoms in total. The van der Waals surface area contributed by atoms with Gasteiger partial charge in [-0.25, -0.2) is 0 Å². The third-order valence-electron chi connectivity index (χ3n) is 3.73. The van der Waals surface area contributed by atoms with E-state index in [1.165, 1.54) is 32.2 Å². The fraction of sp³-hybridized carbons (Fsp3) is 0.933. The van der Waals surface area contributed by atoms with Crippen molar-refractivity contribution in [3.63, 3.8) is 0 Å². The summed E-state index contributed by atoms with van der Waals surface area (Å²) < 4.78 is 0. The van der Waals surface area contributed by atoms with E-state index in [4.69, 9.17) is 4.99 Å². The molecule has 0 aliphatic carbocycles. The lowest BCUT2D eigenvalue weighted by Crippen LogP contribution is -2.39. The van der Waals surface area contributed by atoms with Crippen molar-refractivity contribution >= 4 is 29.9 Å². The topological polar surface area (TPSA) is 39.7 Å². The molecule has 1 aliphatic rings. The maximum Gasteiger partial charge on any atom is 0.191 e. The Morgan fingerprint density at radius 1 is 1.35 bits per heavy atom. The van der Waals surface area contributed by atoms with E-state index in [1.807, 2.05) is 0 Å². The Morgan fingerprint density at radius 2 is 2.10 bits per heavy atom. The van der Waals surface area contributed by atoms with Gasteiger partial charge in [0, 0.05) is 19.1 Å². The molecule has 1 atom stereocenters. The molecule has 2 N–H and O–H groups in total. The second-order valence-electron chi connectivity index (χ2n) is 5.96. The average Bonchev–Trinajstić information content (AvgIpc) is 2.77. The Bertz CT molecular complexity index is 269. The zero-order valence-corrected chi connectivity index (χ0v) is 15.9. The van der Waals surface area contributed by atoms with Gasteiger partial charge in [-0.3, -0.25) is 4.99 Å². The highest BCUT2D eigenvalue weighted by molar-refractivity contribution is 14.0. The van der Waals surface area contributed by atoms with Crippen LogP contribution in [0.1, 0.15) is 46.5 Å². The normalized spacial score (nSPS) is 20.1. The molecule has 0 saturated carbocycles. The Hall–Kier alpha value is -0.0400. The van der Waals surface area contributed by atoms with Crippen LogP contribution < -0.4 is 10.6 Å². The van der Waals surface area contributed by atoms with Crippen LogP contribution >= 0.6 is 24.0 Å². The third-order valence-corrected chi connectivity index (χ3v) is 3.73. The van der Waals surface area contributed by atoms with E-state index in [0.29, 0.717) is 6.04 Å². The van der Waals surface area contributed by atoms with Crippen LogP contribution in [0.2, 0.25) is 0 Å². The van der Waals surface area contributed by atoms with Gasteiger partial charge in [0.25, 0.3) is 0 Å². The number of nitrogens with zero attached hydrogens (tertiary/aromatic N) is 2. The molecular formula is C15H33IN4. The van der Waals surface area contributed by atoms with Crippen LogP contribution in [0, 0.1) is 5.92 Å². The number of hydrogen-bond donors (Lipinski definition) is 2. The average molecular weight is 396 g/mol. The standard InChI is InChI=1S/C15H32N4.HI/c1-5-16-15(17-10-6-8-13(2)3)18-12-14-9-7-11-19(14)4;/h13-14H,5-12H2,1-4H3,(H2,16,17,18);1H. The first kappa shape index (κ1) is 20.0. The van der Waals surface area contributed by atoms with Crippen LogP contribution in [0.25, 0.3) is 0 Å². The fourth-order valence-corrected chi connectivity index (χ4v) is 2.47. The first-order valence-corrected chi connectivity index (χ1v) is 7.86. The van der Waals surface area contributed by atoms with Crippen molar-refractivity contribution in [3.05, 3.63) is 0 Å². The summed E-state index contributed by atoms with van der Waals surface area (Å²) in [6, 6.07) is 0.631. The van der Waals surface area contributed by atoms with Crippen molar-refractivity contribution in [1.29, 1.82) is 0 Å². The van der Waals surface area contributed by atoms with Gasteiger partial charge in [-0.2, -0.15) is 0 Å². The van der Waals surface area contributed by atoms with Crippen LogP contribution in [-0.4, -0.2) is 50.1 Å². The van der Waals surface area contributed by atoms with Gasteiger partial charge >= 0.3 is 0 Å². The molecule has 0 bridgehead atoms. The molecule has 5 heteroatoms. The van der Waals surface area contributed by atoms with Gasteiger partial charge in [-0.05, 0) is 52.1 Å². The number of halogens is 1. The molecule has 0 aromatic heterocycles. The van der Waals surface area contributed by atoms with Crippen molar-refractivity contribution in [1.82, 2.24) is 15.5 Å². The largest absolute Gasteiger partial charge is 0.357 e. The smallest absolute Gasteiger partial charge is 0.191 e. The maximum atomic E-state index is 4.72. The molecule has 0 spiro atoms. The summed E-state index contributed by atoms with van der Waals surface area (Å²) in [5.41, 5.74) is 0. The van der Waals surface area contributed by atoms with Gasteiger partial charge in [0.1, 0.15) is 0 Å². The Morgan fingerprint density at radius 3 is 2.65 bits per heavy atom. The quantitative estimate of drug-likeness (QED) is 0.301. The molecular weight excluding hydrogens is 363 g/mol. The van der Waals surface area contributed by atoms with Crippen LogP contribution in [0.15, 0.2) is 4.99 Å². The molecule has 0 aromatic carbocycles. The third kappa shape index (κ3) is 8.29. The lowest BCUT2D eigenvalue weighted by atomic mass is 10.1. The van der Waals surface area contributed by atoms with E-state index in [2.05, 4.69) is 43.4 Å². The zero-order valence-electron chi connectivity index (χ0n) is 13.6. The van der Waals surface area contributed by atoms with Crippen molar-refractivity contribution in [3.8, 4) is 0 Å². The highest BCUT2D eigenvalue weighted by Gasteiger charge is 2.20. The first-order valence-electron chi connectivity index (χ1n) is 7.86. The van der Waals surface area contributed by atoms with E-state index in [-0.39, 0.29) is 24.0 Å². The Labute approximate surface area is 142 Å². The molecule has 1 saturated heterocycles. The van der Waals surface area contributed by atoms with Gasteiger partial charge < -0.3 is 15.5 Å². The number of guanidine groups is 1. The van der Waals surface area contributed by atoms with Crippen LogP contribution in [0.3, 0.4) is 0 Å². The van der Waals surface area contributed by atoms with E-state index >= 15 is 0 Å². The Balaban J connectivity index is 0.00000361. The van der Waals surface area contributed by atoms with Crippen LogP contribution in [0.4, 0.5) is 0 Å². The predicted octanol–water partition coefficient (Wildman–Crippen LogP) is 2.69. The van der Waals surface area contributed by atoms with Gasteiger partial charge in [-0.15, -0.1) is 24.0 Å². The maximum absolute atomic E-state index is 4.72. The molecule has 20 heavy (non-hydrogen) atoms. The summed E-state index contributed by atoms with van der Waals surface area (Å²) in [5.74, 6) is 1.76. The van der Waals surface area contributed by atoms with Gasteiger partial charge in [0.05, 0.1) is 6.54 Å². The second-order valence-corrected chi connectivity index (χ2v) is 5.96. The van der Waals surface area contributed by atoms with Gasteiger partial charge in [0.15, 0.2) is 5.96 Å². The number of nitrogens with one attached hydrogen (secondary N) is 2. The molecule has 1 heterocycles. The Kier molecular flexibility index (Phi) is 11.6. The van der Waals surface area contributed by atoms with E-state index in [9.17, 15) is 0 Å². The number of likely N-dealkylation sites (N-methyl/N-ethyl adjacent to an activating group) is 1. The molecule has 0 amide bonds. The summed E-state index contributed by atoms with van der Waals surface area (Å²) in [4.78, 5) is 7.14. The lowest BCUT2D eigenvalue weighted by molar-refractivity contribution is 0.317. The first-order chi connectivity index (χ1) is 9.13. The SMILES string of the molecule is CCNC(=NCC1CCCN1C)NCCCC(C)C.I. The molecule has 120 valence electrons. The van der Waals surface area contributed by atoms with E-state index < -0.39 is 0 Å². The van der Waals surface area contributed by atoms with Crippen LogP contribution in [0.5, 0.6) is 0 Å². The van der Waals surface area contributed by atoms with Crippen molar-refractivity contribution in [2.45, 2.75) is 52.5 Å². The predicted molar refractivity (Wildman–Crippen MR) is 99.1 cm³/mol. The number of aliphatic imine (C=N–C) groups is 1. The summed E-state index contributed by atoms with van der Waals surface area (Å²) in [5, 5.41) is 6.77. The molecule has 0 aromatic rings. The molecule has 1 aliphatic heterocycles. The lowest BCUT2D eigenvalue weighted by Gasteiger charge is -2.18. The van der Waals surface area contributed by atoms with E-state index in [0.717, 1.165) is 31.5 Å². The highest BCUT2D eigenvalue weighted by atomic mass is 127. The molecule has 0 radical (unpaired) electrons. The highest BCUT2D eigenvalue weighted by Crippen LogP contribution is 2.14. The van der Waals surface area contributed by atoms with Gasteiger partial charge in [-0.1, -0.05) is 13.8 Å². The minimum atomic E-state index is 0. The summed E-state index contributed by atoms with van der Waals surface area (Å²) >= 11 is 0. The second kappa shape index (κ2) is 11.6. The van der Waals surface area contributed by atoms with Crippen LogP contribution in [-0.2, 0) is 0 Å². The molecule has 1 rings (SSSR count). The fourth-order valence-electron chi connectivity index (χ4n) is 2.47. The molecule has 1 unspecified atom stereocenters. The number of likely N-dealkylation sites (tertiary alicyclic amines) is 1. The number of hydrogen-bond acceptors (Lipinski definition) is 2. The summed E-state index contributed by atoms with van der Waals surface area (Å²) in [6.45, 7) is 10.7. The van der Waals surface area contributed by atoms with E-state index in [1.54, 1.807) is 0 Å². The minimum absolute atomic E-state index is 0. The summed E-state index contributed by atoms with van der Waals surface area (Å²) in [6.07, 6.45) is 5.09. The van der Waals surface area contributed by atoms with Gasteiger partial charge in [0.2, 0.25) is 0 Å². The summed E-state index contributed by atoms with van der Waals surface area (Å²) in [7, 11) is 2.20. The zero-order chi connectivity index (χ0) is 14.1. The molecule has 1 fully saturated rings.